The molecule has 0 saturated carbocycles. The minimum atomic E-state index is -1.13. The Morgan fingerprint density at radius 3 is 2.55 bits per heavy atom. The number of piperidine rings is 1. The molecule has 0 aromatic carbocycles. The van der Waals surface area contributed by atoms with Crippen molar-refractivity contribution in [3.8, 4) is 0 Å². The molecule has 0 unspecified atom stereocenters. The standard InChI is InChI=1S/C13H24N2O4S/c1-12(2,3)20(18)14-10-8-19-9-13(10)4-6-15(7-5-13)11(16)17/h10,14H,4-9H2,1-3H3,(H,16,17)/t10-,20-/m1/s1. The molecule has 2 fully saturated rings. The fraction of sp³-hybridized carbons (Fsp3) is 0.923. The SMILES string of the molecule is CC(C)(C)[S@@+]([O-])N[C@@H]1COCC12CCN(C(=O)O)CC2. The molecule has 2 heterocycles. The first-order valence-electron chi connectivity index (χ1n) is 6.98. The van der Waals surface area contributed by atoms with E-state index in [-0.39, 0.29) is 16.2 Å². The van der Waals surface area contributed by atoms with Crippen LogP contribution in [0.25, 0.3) is 0 Å². The first-order valence-corrected chi connectivity index (χ1v) is 8.13. The van der Waals surface area contributed by atoms with Gasteiger partial charge in [0.25, 0.3) is 0 Å². The molecule has 0 bridgehead atoms. The molecule has 0 aromatic rings. The number of ether oxygens (including phenoxy) is 1. The molecule has 7 heteroatoms. The van der Waals surface area contributed by atoms with Crippen molar-refractivity contribution >= 4 is 17.5 Å². The molecule has 0 aromatic heterocycles. The third kappa shape index (κ3) is 3.21. The number of amides is 1. The van der Waals surface area contributed by atoms with Crippen LogP contribution in [0.1, 0.15) is 33.6 Å². The van der Waals surface area contributed by atoms with Crippen molar-refractivity contribution in [2.24, 2.45) is 5.41 Å². The van der Waals surface area contributed by atoms with Gasteiger partial charge in [-0.2, -0.15) is 0 Å². The van der Waals surface area contributed by atoms with Gasteiger partial charge in [0.05, 0.1) is 19.3 Å². The first-order chi connectivity index (χ1) is 9.24. The normalized spacial score (nSPS) is 27.8. The summed E-state index contributed by atoms with van der Waals surface area (Å²) in [6.45, 7) is 8.04. The van der Waals surface area contributed by atoms with Crippen LogP contribution in [0.4, 0.5) is 4.79 Å². The number of rotatable bonds is 2. The number of carboxylic acid groups (broad SMARTS) is 1. The minimum Gasteiger partial charge on any atom is -0.598 e. The van der Waals surface area contributed by atoms with E-state index >= 15 is 0 Å². The van der Waals surface area contributed by atoms with E-state index in [0.717, 1.165) is 12.8 Å². The Morgan fingerprint density at radius 2 is 2.05 bits per heavy atom. The highest BCUT2D eigenvalue weighted by molar-refractivity contribution is 7.90. The first kappa shape index (κ1) is 15.9. The largest absolute Gasteiger partial charge is 0.598 e. The highest BCUT2D eigenvalue weighted by Crippen LogP contribution is 2.40. The van der Waals surface area contributed by atoms with Crippen LogP contribution in [0.3, 0.4) is 0 Å². The fourth-order valence-electron chi connectivity index (χ4n) is 2.76. The highest BCUT2D eigenvalue weighted by Gasteiger charge is 2.49. The van der Waals surface area contributed by atoms with Gasteiger partial charge in [0.1, 0.15) is 4.75 Å². The van der Waals surface area contributed by atoms with E-state index < -0.39 is 17.5 Å². The summed E-state index contributed by atoms with van der Waals surface area (Å²) in [7, 11) is 0. The number of hydrogen-bond acceptors (Lipinski definition) is 4. The van der Waals surface area contributed by atoms with Crippen LogP contribution in [-0.2, 0) is 16.1 Å². The Labute approximate surface area is 123 Å². The predicted octanol–water partition coefficient (Wildman–Crippen LogP) is 1.20. The van der Waals surface area contributed by atoms with Crippen molar-refractivity contribution < 1.29 is 19.2 Å². The molecule has 20 heavy (non-hydrogen) atoms. The summed E-state index contributed by atoms with van der Waals surface area (Å²) in [5, 5.41) is 9.02. The van der Waals surface area contributed by atoms with E-state index in [1.165, 1.54) is 4.90 Å². The molecule has 2 saturated heterocycles. The van der Waals surface area contributed by atoms with Gasteiger partial charge in [-0.25, -0.2) is 4.79 Å². The zero-order chi connectivity index (χ0) is 15.0. The van der Waals surface area contributed by atoms with Crippen LogP contribution >= 0.6 is 0 Å². The maximum atomic E-state index is 12.3. The summed E-state index contributed by atoms with van der Waals surface area (Å²) < 4.78 is 20.7. The lowest BCUT2D eigenvalue weighted by Gasteiger charge is -2.41. The molecule has 2 aliphatic heterocycles. The number of nitrogens with one attached hydrogen (secondary N) is 1. The van der Waals surface area contributed by atoms with Crippen molar-refractivity contribution in [2.75, 3.05) is 26.3 Å². The molecule has 0 aliphatic carbocycles. The van der Waals surface area contributed by atoms with Crippen molar-refractivity contribution in [3.05, 3.63) is 0 Å². The van der Waals surface area contributed by atoms with Crippen molar-refractivity contribution in [3.63, 3.8) is 0 Å². The van der Waals surface area contributed by atoms with Gasteiger partial charge in [-0.05, 0) is 33.6 Å². The van der Waals surface area contributed by atoms with Gasteiger partial charge in [-0.15, -0.1) is 4.72 Å². The Morgan fingerprint density at radius 1 is 1.45 bits per heavy atom. The summed E-state index contributed by atoms with van der Waals surface area (Å²) >= 11 is -1.13. The van der Waals surface area contributed by atoms with Crippen molar-refractivity contribution in [1.29, 1.82) is 0 Å². The lowest BCUT2D eigenvalue weighted by Crippen LogP contribution is -2.55. The van der Waals surface area contributed by atoms with E-state index in [4.69, 9.17) is 9.84 Å². The van der Waals surface area contributed by atoms with Gasteiger partial charge in [0.2, 0.25) is 0 Å². The topological polar surface area (TPSA) is 84.9 Å². The van der Waals surface area contributed by atoms with Crippen LogP contribution < -0.4 is 4.72 Å². The number of likely N-dealkylation sites (tertiary alicyclic amines) is 1. The monoisotopic (exact) mass is 304 g/mol. The van der Waals surface area contributed by atoms with Crippen molar-refractivity contribution in [2.45, 2.75) is 44.4 Å². The molecule has 2 rings (SSSR count). The van der Waals surface area contributed by atoms with Gasteiger partial charge in [0, 0.05) is 29.9 Å². The number of carbonyl (C=O) groups is 1. The zero-order valence-electron chi connectivity index (χ0n) is 12.3. The molecule has 0 radical (unpaired) electrons. The van der Waals surface area contributed by atoms with Gasteiger partial charge < -0.3 is 19.3 Å². The summed E-state index contributed by atoms with van der Waals surface area (Å²) in [5.41, 5.74) is -0.0765. The van der Waals surface area contributed by atoms with Crippen molar-refractivity contribution in [1.82, 2.24) is 9.62 Å². The van der Waals surface area contributed by atoms with E-state index in [1.54, 1.807) is 0 Å². The molecule has 1 spiro atoms. The Kier molecular flexibility index (Phi) is 4.53. The second kappa shape index (κ2) is 5.71. The number of nitrogens with zero attached hydrogens (tertiary/aromatic N) is 1. The fourth-order valence-corrected chi connectivity index (χ4v) is 3.69. The molecular formula is C13H24N2O4S. The van der Waals surface area contributed by atoms with E-state index in [0.29, 0.717) is 26.3 Å². The average Bonchev–Trinajstić information content (AvgIpc) is 2.71. The summed E-state index contributed by atoms with van der Waals surface area (Å²) in [6, 6.07) is 0.0403. The van der Waals surface area contributed by atoms with Crippen LogP contribution in [0.5, 0.6) is 0 Å². The predicted molar refractivity (Wildman–Crippen MR) is 76.9 cm³/mol. The van der Waals surface area contributed by atoms with Gasteiger partial charge in [-0.1, -0.05) is 0 Å². The molecule has 2 N–H and O–H groups in total. The average molecular weight is 304 g/mol. The van der Waals surface area contributed by atoms with Crippen LogP contribution in [0, 0.1) is 5.41 Å². The molecule has 6 nitrogen and oxygen atoms in total. The summed E-state index contributed by atoms with van der Waals surface area (Å²) in [4.78, 5) is 12.4. The van der Waals surface area contributed by atoms with E-state index in [1.807, 2.05) is 20.8 Å². The lowest BCUT2D eigenvalue weighted by atomic mass is 9.75. The second-order valence-corrected chi connectivity index (χ2v) is 8.70. The van der Waals surface area contributed by atoms with Gasteiger partial charge in [-0.3, -0.25) is 0 Å². The van der Waals surface area contributed by atoms with Crippen LogP contribution in [0.2, 0.25) is 0 Å². The third-order valence-corrected chi connectivity index (χ3v) is 5.86. The second-order valence-electron chi connectivity index (χ2n) is 6.70. The molecule has 2 aliphatic rings. The Hall–Kier alpha value is -0.500. The highest BCUT2D eigenvalue weighted by atomic mass is 32.2. The number of hydrogen-bond donors (Lipinski definition) is 2. The van der Waals surface area contributed by atoms with Crippen LogP contribution in [-0.4, -0.2) is 57.7 Å². The Balaban J connectivity index is 1.99. The maximum Gasteiger partial charge on any atom is 0.407 e. The smallest absolute Gasteiger partial charge is 0.407 e. The Bertz CT molecular complexity index is 364. The summed E-state index contributed by atoms with van der Waals surface area (Å²) in [5.74, 6) is 0. The zero-order valence-corrected chi connectivity index (χ0v) is 13.2. The molecule has 2 atom stereocenters. The quantitative estimate of drug-likeness (QED) is 0.749. The van der Waals surface area contributed by atoms with E-state index in [9.17, 15) is 9.35 Å². The lowest BCUT2D eigenvalue weighted by molar-refractivity contribution is 0.0693. The third-order valence-electron chi connectivity index (χ3n) is 4.25. The molecule has 116 valence electrons. The molecule has 1 amide bonds. The van der Waals surface area contributed by atoms with Gasteiger partial charge in [0.15, 0.2) is 0 Å². The summed E-state index contributed by atoms with van der Waals surface area (Å²) in [6.07, 6.45) is 0.665. The maximum absolute atomic E-state index is 12.3. The van der Waals surface area contributed by atoms with E-state index in [2.05, 4.69) is 4.72 Å². The molecular weight excluding hydrogens is 280 g/mol. The minimum absolute atomic E-state index is 0.0403. The van der Waals surface area contributed by atoms with Crippen LogP contribution in [0.15, 0.2) is 0 Å². The van der Waals surface area contributed by atoms with Gasteiger partial charge >= 0.3 is 6.09 Å².